The third-order valence-corrected chi connectivity index (χ3v) is 2.72. The Labute approximate surface area is 107 Å². The van der Waals surface area contributed by atoms with Crippen molar-refractivity contribution in [1.82, 2.24) is 0 Å². The zero-order valence-electron chi connectivity index (χ0n) is 9.37. The number of halogens is 2. The average Bonchev–Trinajstić information content (AvgIpc) is 2.23. The van der Waals surface area contributed by atoms with Gasteiger partial charge in [-0.1, -0.05) is 53.5 Å². The molecule has 0 bridgehead atoms. The van der Waals surface area contributed by atoms with Gasteiger partial charge in [-0.05, 0) is 43.2 Å². The number of benzene rings is 2. The first kappa shape index (κ1) is 13.1. The highest BCUT2D eigenvalue weighted by Crippen LogP contribution is 2.11. The largest absolute Gasteiger partial charge is 0.0843 e. The summed E-state index contributed by atoms with van der Waals surface area (Å²) in [5.74, 6) is 0. The Morgan fingerprint density at radius 1 is 0.812 bits per heavy atom. The highest BCUT2D eigenvalue weighted by molar-refractivity contribution is 6.31. The summed E-state index contributed by atoms with van der Waals surface area (Å²) in [5.41, 5.74) is 2.34. The summed E-state index contributed by atoms with van der Waals surface area (Å²) in [6, 6.07) is 15.5. The summed E-state index contributed by atoms with van der Waals surface area (Å²) in [7, 11) is 0. The van der Waals surface area contributed by atoms with Crippen LogP contribution in [0.25, 0.3) is 0 Å². The minimum atomic E-state index is 0.810. The van der Waals surface area contributed by atoms with Crippen molar-refractivity contribution in [2.45, 2.75) is 13.8 Å². The molecule has 2 rings (SSSR count). The van der Waals surface area contributed by atoms with Gasteiger partial charge < -0.3 is 0 Å². The van der Waals surface area contributed by atoms with E-state index in [2.05, 4.69) is 0 Å². The van der Waals surface area contributed by atoms with Crippen molar-refractivity contribution in [2.24, 2.45) is 0 Å². The van der Waals surface area contributed by atoms with Gasteiger partial charge in [-0.15, -0.1) is 0 Å². The van der Waals surface area contributed by atoms with Gasteiger partial charge in [-0.3, -0.25) is 0 Å². The van der Waals surface area contributed by atoms with E-state index in [1.54, 1.807) is 0 Å². The van der Waals surface area contributed by atoms with Crippen LogP contribution in [-0.2, 0) is 0 Å². The van der Waals surface area contributed by atoms with Gasteiger partial charge in [0.15, 0.2) is 0 Å². The van der Waals surface area contributed by atoms with Crippen LogP contribution in [0.1, 0.15) is 11.1 Å². The van der Waals surface area contributed by atoms with Crippen molar-refractivity contribution in [3.05, 3.63) is 69.7 Å². The van der Waals surface area contributed by atoms with E-state index in [4.69, 9.17) is 23.2 Å². The Hall–Kier alpha value is -0.980. The van der Waals surface area contributed by atoms with Crippen molar-refractivity contribution in [1.29, 1.82) is 0 Å². The predicted molar refractivity (Wildman–Crippen MR) is 72.4 cm³/mol. The molecule has 2 aromatic carbocycles. The first-order chi connectivity index (χ1) is 7.59. The molecule has 0 unspecified atom stereocenters. The molecule has 0 aliphatic carbocycles. The zero-order chi connectivity index (χ0) is 12.0. The van der Waals surface area contributed by atoms with Crippen LogP contribution >= 0.6 is 23.2 Å². The van der Waals surface area contributed by atoms with Gasteiger partial charge in [-0.2, -0.15) is 0 Å². The lowest BCUT2D eigenvalue weighted by Gasteiger charge is -1.90. The fraction of sp³-hybridized carbons (Fsp3) is 0.143. The van der Waals surface area contributed by atoms with Crippen molar-refractivity contribution in [2.75, 3.05) is 0 Å². The van der Waals surface area contributed by atoms with Gasteiger partial charge in [0.1, 0.15) is 0 Å². The lowest BCUT2D eigenvalue weighted by atomic mass is 10.2. The lowest BCUT2D eigenvalue weighted by molar-refractivity contribution is 1.47. The Morgan fingerprint density at radius 3 is 1.88 bits per heavy atom. The maximum Gasteiger partial charge on any atom is 0.0435 e. The van der Waals surface area contributed by atoms with Gasteiger partial charge in [0.25, 0.3) is 0 Å². The average molecular weight is 253 g/mol. The van der Waals surface area contributed by atoms with Crippen LogP contribution < -0.4 is 0 Å². The molecule has 2 aromatic rings. The van der Waals surface area contributed by atoms with Crippen LogP contribution in [0.15, 0.2) is 48.5 Å². The van der Waals surface area contributed by atoms with Crippen molar-refractivity contribution in [3.8, 4) is 0 Å². The molecule has 0 radical (unpaired) electrons. The Bertz CT molecular complexity index is 412. The monoisotopic (exact) mass is 252 g/mol. The second-order valence-electron chi connectivity index (χ2n) is 3.55. The summed E-state index contributed by atoms with van der Waals surface area (Å²) in [6.45, 7) is 4.01. The molecule has 2 heteroatoms. The highest BCUT2D eigenvalue weighted by Gasteiger charge is 1.86. The molecule has 0 atom stereocenters. The standard InChI is InChI=1S/2C7H7Cl/c1-6-3-2-4-7(8)5-6;1-6-4-2-3-5-7(6)8/h2*2-5H,1H3. The molecule has 0 nitrogen and oxygen atoms in total. The molecule has 0 saturated heterocycles. The van der Waals surface area contributed by atoms with Crippen LogP contribution in [0.4, 0.5) is 0 Å². The Balaban J connectivity index is 0.000000160. The number of hydrogen-bond donors (Lipinski definition) is 0. The third-order valence-electron chi connectivity index (χ3n) is 2.06. The molecule has 0 N–H and O–H groups in total. The fourth-order valence-electron chi connectivity index (χ4n) is 1.16. The fourth-order valence-corrected chi connectivity index (χ4v) is 1.54. The Kier molecular flexibility index (Phi) is 5.37. The third kappa shape index (κ3) is 4.69. The van der Waals surface area contributed by atoms with Gasteiger partial charge in [0.2, 0.25) is 0 Å². The molecular formula is C14H14Cl2. The topological polar surface area (TPSA) is 0 Å². The van der Waals surface area contributed by atoms with E-state index in [0.717, 1.165) is 15.6 Å². The van der Waals surface area contributed by atoms with Crippen LogP contribution in [-0.4, -0.2) is 0 Å². The smallest absolute Gasteiger partial charge is 0.0435 e. The Morgan fingerprint density at radius 2 is 1.50 bits per heavy atom. The number of aryl methyl sites for hydroxylation is 2. The molecule has 0 amide bonds. The number of rotatable bonds is 0. The lowest BCUT2D eigenvalue weighted by Crippen LogP contribution is -1.68. The zero-order valence-corrected chi connectivity index (χ0v) is 10.9. The van der Waals surface area contributed by atoms with Gasteiger partial charge in [-0.25, -0.2) is 0 Å². The van der Waals surface area contributed by atoms with E-state index in [-0.39, 0.29) is 0 Å². The summed E-state index contributed by atoms with van der Waals surface area (Å²) in [4.78, 5) is 0. The molecule has 0 aromatic heterocycles. The van der Waals surface area contributed by atoms with E-state index in [1.807, 2.05) is 62.4 Å². The van der Waals surface area contributed by atoms with Crippen molar-refractivity contribution >= 4 is 23.2 Å². The molecule has 16 heavy (non-hydrogen) atoms. The normalized spacial score (nSPS) is 9.25. The molecule has 0 heterocycles. The minimum Gasteiger partial charge on any atom is -0.0843 e. The SMILES string of the molecule is Cc1cccc(Cl)c1.Cc1ccccc1Cl. The van der Waals surface area contributed by atoms with Gasteiger partial charge in [0, 0.05) is 10.0 Å². The van der Waals surface area contributed by atoms with Gasteiger partial charge in [0.05, 0.1) is 0 Å². The molecule has 0 aliphatic rings. The van der Waals surface area contributed by atoms with E-state index in [0.29, 0.717) is 0 Å². The number of hydrogen-bond acceptors (Lipinski definition) is 0. The predicted octanol–water partition coefficient (Wildman–Crippen LogP) is 5.30. The van der Waals surface area contributed by atoms with Gasteiger partial charge >= 0.3 is 0 Å². The van der Waals surface area contributed by atoms with Crippen LogP contribution in [0.2, 0.25) is 10.0 Å². The van der Waals surface area contributed by atoms with E-state index < -0.39 is 0 Å². The summed E-state index contributed by atoms with van der Waals surface area (Å²) < 4.78 is 0. The van der Waals surface area contributed by atoms with E-state index >= 15 is 0 Å². The quantitative estimate of drug-likeness (QED) is 0.597. The summed E-state index contributed by atoms with van der Waals surface area (Å²) in [5, 5.41) is 1.65. The van der Waals surface area contributed by atoms with Crippen molar-refractivity contribution < 1.29 is 0 Å². The van der Waals surface area contributed by atoms with Crippen LogP contribution in [0.3, 0.4) is 0 Å². The van der Waals surface area contributed by atoms with E-state index in [1.165, 1.54) is 5.56 Å². The molecule has 84 valence electrons. The molecule has 0 saturated carbocycles. The maximum absolute atomic E-state index is 5.71. The highest BCUT2D eigenvalue weighted by atomic mass is 35.5. The minimum absolute atomic E-state index is 0.810. The summed E-state index contributed by atoms with van der Waals surface area (Å²) >= 11 is 11.4. The molecule has 0 aliphatic heterocycles. The first-order valence-electron chi connectivity index (χ1n) is 5.03. The molecule has 0 spiro atoms. The van der Waals surface area contributed by atoms with Crippen LogP contribution in [0.5, 0.6) is 0 Å². The second kappa shape index (κ2) is 6.57. The molecule has 0 fully saturated rings. The van der Waals surface area contributed by atoms with Crippen LogP contribution in [0, 0.1) is 13.8 Å². The second-order valence-corrected chi connectivity index (χ2v) is 4.39. The molecular weight excluding hydrogens is 239 g/mol. The van der Waals surface area contributed by atoms with Crippen molar-refractivity contribution in [3.63, 3.8) is 0 Å². The van der Waals surface area contributed by atoms with E-state index in [9.17, 15) is 0 Å². The first-order valence-corrected chi connectivity index (χ1v) is 5.78. The summed E-state index contributed by atoms with van der Waals surface area (Å²) in [6.07, 6.45) is 0. The maximum atomic E-state index is 5.71.